The van der Waals surface area contributed by atoms with E-state index in [-0.39, 0.29) is 33.8 Å². The lowest BCUT2D eigenvalue weighted by molar-refractivity contribution is -0.134. The van der Waals surface area contributed by atoms with Crippen molar-refractivity contribution in [2.45, 2.75) is 0 Å². The highest BCUT2D eigenvalue weighted by molar-refractivity contribution is 5.88. The van der Waals surface area contributed by atoms with Gasteiger partial charge >= 0.3 is 5.97 Å². The van der Waals surface area contributed by atoms with Crippen LogP contribution < -0.4 is 11.3 Å². The van der Waals surface area contributed by atoms with Crippen molar-refractivity contribution in [2.75, 3.05) is 12.8 Å². The van der Waals surface area contributed by atoms with Gasteiger partial charge in [0, 0.05) is 17.2 Å². The third kappa shape index (κ3) is 3.33. The predicted molar refractivity (Wildman–Crippen MR) is 89.1 cm³/mol. The Bertz CT molecular complexity index is 1020. The Morgan fingerprint density at radius 2 is 2.00 bits per heavy atom. The zero-order valence-corrected chi connectivity index (χ0v) is 13.0. The predicted octanol–water partition coefficient (Wildman–Crippen LogP) is 1.26. The molecule has 1 aromatic heterocycles. The molecule has 0 fully saturated rings. The lowest BCUT2D eigenvalue weighted by Crippen LogP contribution is -2.16. The Kier molecular flexibility index (Phi) is 4.87. The molecule has 1 aromatic carbocycles. The molecule has 124 valence electrons. The van der Waals surface area contributed by atoms with Gasteiger partial charge < -0.3 is 20.6 Å². The first-order valence-corrected chi connectivity index (χ1v) is 6.88. The number of carbonyl (C=O) groups excluding carboxylic acids is 1. The van der Waals surface area contributed by atoms with Crippen LogP contribution >= 0.6 is 0 Å². The molecular formula is C17H12N4O4. The summed E-state index contributed by atoms with van der Waals surface area (Å²) in [6.45, 7) is 0. The number of nitrogen functional groups attached to an aromatic ring is 1. The number of methoxy groups -OCH3 is 1. The second kappa shape index (κ2) is 7.02. The molecule has 0 aliphatic rings. The van der Waals surface area contributed by atoms with Crippen LogP contribution in [0.2, 0.25) is 0 Å². The van der Waals surface area contributed by atoms with Crippen LogP contribution in [0.25, 0.3) is 17.2 Å². The van der Waals surface area contributed by atoms with Gasteiger partial charge in [-0.15, -0.1) is 0 Å². The standard InChI is InChI=1S/C17H12N4O4/c1-25-14(23)5-3-9-2-4-13(22)10(6-9)15-11(7-18)16(20)21-17(24)12(15)8-19/h2-6,22H,1H3,(H3,20,21,24). The van der Waals surface area contributed by atoms with Crippen molar-refractivity contribution < 1.29 is 14.6 Å². The molecule has 0 bridgehead atoms. The summed E-state index contributed by atoms with van der Waals surface area (Å²) in [6.07, 6.45) is 2.59. The van der Waals surface area contributed by atoms with Gasteiger partial charge in [0.05, 0.1) is 7.11 Å². The van der Waals surface area contributed by atoms with E-state index in [0.29, 0.717) is 5.56 Å². The molecule has 0 saturated carbocycles. The maximum Gasteiger partial charge on any atom is 0.330 e. The number of rotatable bonds is 3. The van der Waals surface area contributed by atoms with Gasteiger partial charge in [-0.25, -0.2) is 4.79 Å². The van der Waals surface area contributed by atoms with E-state index < -0.39 is 11.5 Å². The van der Waals surface area contributed by atoms with Crippen LogP contribution in [-0.4, -0.2) is 23.2 Å². The van der Waals surface area contributed by atoms with Gasteiger partial charge in [0.2, 0.25) is 0 Å². The normalized spacial score (nSPS) is 10.2. The maximum atomic E-state index is 12.0. The van der Waals surface area contributed by atoms with Crippen molar-refractivity contribution in [1.29, 1.82) is 10.5 Å². The number of nitrogens with zero attached hydrogens (tertiary/aromatic N) is 2. The average Bonchev–Trinajstić information content (AvgIpc) is 2.60. The van der Waals surface area contributed by atoms with Gasteiger partial charge in [0.15, 0.2) is 0 Å². The molecule has 0 amide bonds. The smallest absolute Gasteiger partial charge is 0.330 e. The van der Waals surface area contributed by atoms with Crippen molar-refractivity contribution in [2.24, 2.45) is 0 Å². The first-order valence-electron chi connectivity index (χ1n) is 6.88. The SMILES string of the molecule is COC(=O)C=Cc1ccc(O)c(-c2c(C#N)c(N)[nH]c(=O)c2C#N)c1. The van der Waals surface area contributed by atoms with Crippen molar-refractivity contribution in [3.05, 3.63) is 51.3 Å². The number of aromatic hydroxyl groups is 1. The molecule has 8 heteroatoms. The van der Waals surface area contributed by atoms with E-state index in [2.05, 4.69) is 9.72 Å². The van der Waals surface area contributed by atoms with Gasteiger partial charge in [0.1, 0.15) is 34.8 Å². The van der Waals surface area contributed by atoms with Gasteiger partial charge in [-0.1, -0.05) is 6.07 Å². The van der Waals surface area contributed by atoms with Crippen molar-refractivity contribution in [1.82, 2.24) is 4.98 Å². The quantitative estimate of drug-likeness (QED) is 0.563. The fraction of sp³-hybridized carbons (Fsp3) is 0.0588. The highest BCUT2D eigenvalue weighted by Gasteiger charge is 2.20. The van der Waals surface area contributed by atoms with Gasteiger partial charge in [-0.05, 0) is 23.8 Å². The van der Waals surface area contributed by atoms with E-state index >= 15 is 0 Å². The summed E-state index contributed by atoms with van der Waals surface area (Å²) in [6, 6.07) is 7.78. The minimum atomic E-state index is -0.774. The monoisotopic (exact) mass is 336 g/mol. The van der Waals surface area contributed by atoms with E-state index in [0.717, 1.165) is 0 Å². The number of carbonyl (C=O) groups is 1. The van der Waals surface area contributed by atoms with Crippen molar-refractivity contribution >= 4 is 17.9 Å². The number of benzene rings is 1. The molecular weight excluding hydrogens is 324 g/mol. The van der Waals surface area contributed by atoms with Crippen LogP contribution in [0.4, 0.5) is 5.82 Å². The number of ether oxygens (including phenoxy) is 1. The fourth-order valence-corrected chi connectivity index (χ4v) is 2.20. The topological polar surface area (TPSA) is 153 Å². The number of nitriles is 2. The number of H-pyrrole nitrogens is 1. The average molecular weight is 336 g/mol. The number of hydrogen-bond donors (Lipinski definition) is 3. The minimum Gasteiger partial charge on any atom is -0.507 e. The Balaban J connectivity index is 2.77. The number of esters is 1. The number of hydrogen-bond acceptors (Lipinski definition) is 7. The fourth-order valence-electron chi connectivity index (χ4n) is 2.20. The van der Waals surface area contributed by atoms with Crippen LogP contribution in [0.15, 0.2) is 29.1 Å². The number of pyridine rings is 1. The van der Waals surface area contributed by atoms with Crippen LogP contribution in [0.3, 0.4) is 0 Å². The third-order valence-corrected chi connectivity index (χ3v) is 3.37. The van der Waals surface area contributed by atoms with Crippen molar-refractivity contribution in [3.63, 3.8) is 0 Å². The first kappa shape index (κ1) is 17.3. The summed E-state index contributed by atoms with van der Waals surface area (Å²) in [5.74, 6) is -1.05. The molecule has 0 radical (unpaired) electrons. The molecule has 0 atom stereocenters. The highest BCUT2D eigenvalue weighted by atomic mass is 16.5. The van der Waals surface area contributed by atoms with Crippen LogP contribution in [-0.2, 0) is 9.53 Å². The van der Waals surface area contributed by atoms with Crippen LogP contribution in [0, 0.1) is 22.7 Å². The maximum absolute atomic E-state index is 12.0. The second-order valence-corrected chi connectivity index (χ2v) is 4.85. The number of phenols is 1. The number of anilines is 1. The summed E-state index contributed by atoms with van der Waals surface area (Å²) in [5.41, 5.74) is 4.86. The zero-order valence-electron chi connectivity index (χ0n) is 13.0. The number of aromatic amines is 1. The molecule has 0 aliphatic carbocycles. The summed E-state index contributed by atoms with van der Waals surface area (Å²) in [4.78, 5) is 25.4. The molecule has 0 unspecified atom stereocenters. The molecule has 0 spiro atoms. The zero-order chi connectivity index (χ0) is 18.6. The first-order chi connectivity index (χ1) is 11.9. The van der Waals surface area contributed by atoms with E-state index in [1.54, 1.807) is 6.07 Å². The van der Waals surface area contributed by atoms with Gasteiger partial charge in [-0.3, -0.25) is 4.79 Å². The lowest BCUT2D eigenvalue weighted by Gasteiger charge is -2.11. The summed E-state index contributed by atoms with van der Waals surface area (Å²) in [7, 11) is 1.23. The third-order valence-electron chi connectivity index (χ3n) is 3.37. The number of phenolic OH excluding ortho intramolecular Hbond substituents is 1. The number of nitrogens with one attached hydrogen (secondary N) is 1. The largest absolute Gasteiger partial charge is 0.507 e. The molecule has 2 rings (SSSR count). The number of nitrogens with two attached hydrogens (primary N) is 1. The molecule has 0 saturated heterocycles. The minimum absolute atomic E-state index is 0.0675. The van der Waals surface area contributed by atoms with Gasteiger partial charge in [0.25, 0.3) is 5.56 Å². The van der Waals surface area contributed by atoms with Crippen molar-refractivity contribution in [3.8, 4) is 29.0 Å². The van der Waals surface area contributed by atoms with Crippen LogP contribution in [0.1, 0.15) is 16.7 Å². The lowest BCUT2D eigenvalue weighted by atomic mass is 9.94. The number of aromatic nitrogens is 1. The highest BCUT2D eigenvalue weighted by Crippen LogP contribution is 2.35. The van der Waals surface area contributed by atoms with E-state index in [9.17, 15) is 25.2 Å². The second-order valence-electron chi connectivity index (χ2n) is 4.85. The Hall–Kier alpha value is -4.04. The molecule has 8 nitrogen and oxygen atoms in total. The molecule has 4 N–H and O–H groups in total. The Morgan fingerprint density at radius 3 is 2.60 bits per heavy atom. The molecule has 25 heavy (non-hydrogen) atoms. The summed E-state index contributed by atoms with van der Waals surface area (Å²) < 4.78 is 4.49. The summed E-state index contributed by atoms with van der Waals surface area (Å²) in [5, 5.41) is 28.7. The van der Waals surface area contributed by atoms with E-state index in [1.807, 2.05) is 6.07 Å². The van der Waals surface area contributed by atoms with Crippen LogP contribution in [0.5, 0.6) is 5.75 Å². The summed E-state index contributed by atoms with van der Waals surface area (Å²) >= 11 is 0. The molecule has 1 heterocycles. The Labute approximate surface area is 142 Å². The van der Waals surface area contributed by atoms with E-state index in [4.69, 9.17) is 5.73 Å². The molecule has 2 aromatic rings. The van der Waals surface area contributed by atoms with Gasteiger partial charge in [-0.2, -0.15) is 10.5 Å². The molecule has 0 aliphatic heterocycles. The van der Waals surface area contributed by atoms with E-state index in [1.165, 1.54) is 37.5 Å². The Morgan fingerprint density at radius 1 is 1.32 bits per heavy atom.